The fourth-order valence-corrected chi connectivity index (χ4v) is 3.41. The SMILES string of the molecule is CC(CNC(=O)c1ccc2nc(Cl)ccc2c1)CN1CCCCC1. The number of amides is 1. The zero-order chi connectivity index (χ0) is 16.9. The number of likely N-dealkylation sites (tertiary alicyclic amines) is 1. The van der Waals surface area contributed by atoms with E-state index in [0.29, 0.717) is 23.2 Å². The lowest BCUT2D eigenvalue weighted by molar-refractivity contribution is 0.0942. The van der Waals surface area contributed by atoms with E-state index in [1.165, 1.54) is 32.4 Å². The second kappa shape index (κ2) is 7.95. The lowest BCUT2D eigenvalue weighted by atomic mass is 10.1. The molecule has 4 nitrogen and oxygen atoms in total. The Bertz CT molecular complexity index is 713. The largest absolute Gasteiger partial charge is 0.352 e. The number of carbonyl (C=O) groups excluding carboxylic acids is 1. The Morgan fingerprint density at radius 1 is 1.25 bits per heavy atom. The lowest BCUT2D eigenvalue weighted by Gasteiger charge is -2.29. The molecule has 24 heavy (non-hydrogen) atoms. The summed E-state index contributed by atoms with van der Waals surface area (Å²) in [5, 5.41) is 4.44. The van der Waals surface area contributed by atoms with Crippen LogP contribution in [0.5, 0.6) is 0 Å². The number of rotatable bonds is 5. The van der Waals surface area contributed by atoms with E-state index in [0.717, 1.165) is 17.4 Å². The van der Waals surface area contributed by atoms with Crippen LogP contribution in [0.15, 0.2) is 30.3 Å². The van der Waals surface area contributed by atoms with Crippen molar-refractivity contribution in [1.82, 2.24) is 15.2 Å². The molecule has 1 aliphatic rings. The zero-order valence-electron chi connectivity index (χ0n) is 14.1. The summed E-state index contributed by atoms with van der Waals surface area (Å²) >= 11 is 5.89. The topological polar surface area (TPSA) is 45.2 Å². The quantitative estimate of drug-likeness (QED) is 0.840. The fourth-order valence-electron chi connectivity index (χ4n) is 3.26. The molecular weight excluding hydrogens is 322 g/mol. The number of fused-ring (bicyclic) bond motifs is 1. The summed E-state index contributed by atoms with van der Waals surface area (Å²) in [4.78, 5) is 19.1. The summed E-state index contributed by atoms with van der Waals surface area (Å²) in [5.41, 5.74) is 1.47. The predicted molar refractivity (Wildman–Crippen MR) is 98.5 cm³/mol. The maximum atomic E-state index is 12.4. The molecule has 0 aliphatic carbocycles. The van der Waals surface area contributed by atoms with E-state index >= 15 is 0 Å². The van der Waals surface area contributed by atoms with Crippen LogP contribution in [0.4, 0.5) is 0 Å². The average molecular weight is 346 g/mol. The van der Waals surface area contributed by atoms with Crippen molar-refractivity contribution < 1.29 is 4.79 Å². The highest BCUT2D eigenvalue weighted by Gasteiger charge is 2.14. The van der Waals surface area contributed by atoms with Crippen molar-refractivity contribution in [1.29, 1.82) is 0 Å². The molecule has 3 rings (SSSR count). The first-order chi connectivity index (χ1) is 11.6. The van der Waals surface area contributed by atoms with Gasteiger partial charge in [0.1, 0.15) is 5.15 Å². The van der Waals surface area contributed by atoms with Crippen LogP contribution in [0.1, 0.15) is 36.5 Å². The molecule has 0 bridgehead atoms. The first-order valence-corrected chi connectivity index (χ1v) is 9.06. The molecule has 1 fully saturated rings. The van der Waals surface area contributed by atoms with Gasteiger partial charge in [-0.15, -0.1) is 0 Å². The van der Waals surface area contributed by atoms with E-state index in [1.54, 1.807) is 12.1 Å². The minimum absolute atomic E-state index is 0.0302. The van der Waals surface area contributed by atoms with Crippen molar-refractivity contribution in [2.75, 3.05) is 26.2 Å². The van der Waals surface area contributed by atoms with Crippen molar-refractivity contribution in [3.8, 4) is 0 Å². The van der Waals surface area contributed by atoms with Gasteiger partial charge >= 0.3 is 0 Å². The summed E-state index contributed by atoms with van der Waals surface area (Å²) in [7, 11) is 0. The molecule has 0 spiro atoms. The molecule has 0 saturated carbocycles. The number of hydrogen-bond acceptors (Lipinski definition) is 3. The van der Waals surface area contributed by atoms with Crippen molar-refractivity contribution >= 4 is 28.4 Å². The molecule has 2 aromatic rings. The van der Waals surface area contributed by atoms with Gasteiger partial charge in [-0.1, -0.05) is 24.9 Å². The van der Waals surface area contributed by atoms with Gasteiger partial charge in [-0.25, -0.2) is 4.98 Å². The average Bonchev–Trinajstić information content (AvgIpc) is 2.60. The van der Waals surface area contributed by atoms with Crippen LogP contribution in [0.2, 0.25) is 5.15 Å². The summed E-state index contributed by atoms with van der Waals surface area (Å²) < 4.78 is 0. The van der Waals surface area contributed by atoms with Crippen LogP contribution in [-0.2, 0) is 0 Å². The molecule has 2 heterocycles. The Balaban J connectivity index is 1.55. The van der Waals surface area contributed by atoms with Crippen molar-refractivity contribution in [3.05, 3.63) is 41.0 Å². The van der Waals surface area contributed by atoms with Gasteiger partial charge in [-0.05, 0) is 62.2 Å². The van der Waals surface area contributed by atoms with E-state index in [2.05, 4.69) is 22.1 Å². The molecule has 1 saturated heterocycles. The molecule has 1 unspecified atom stereocenters. The Hall–Kier alpha value is -1.65. The highest BCUT2D eigenvalue weighted by molar-refractivity contribution is 6.29. The molecular formula is C19H24ClN3O. The van der Waals surface area contributed by atoms with Gasteiger partial charge in [-0.3, -0.25) is 4.79 Å². The predicted octanol–water partition coefficient (Wildman–Crippen LogP) is 3.74. The van der Waals surface area contributed by atoms with Gasteiger partial charge in [0, 0.05) is 24.0 Å². The third kappa shape index (κ3) is 4.46. The van der Waals surface area contributed by atoms with Crippen LogP contribution < -0.4 is 5.32 Å². The molecule has 128 valence electrons. The van der Waals surface area contributed by atoms with Gasteiger partial charge in [-0.2, -0.15) is 0 Å². The first kappa shape index (κ1) is 17.2. The zero-order valence-corrected chi connectivity index (χ0v) is 14.9. The number of carbonyl (C=O) groups is 1. The normalized spacial score (nSPS) is 16.9. The molecule has 1 N–H and O–H groups in total. The third-order valence-corrected chi connectivity index (χ3v) is 4.76. The number of halogens is 1. The summed E-state index contributed by atoms with van der Waals surface area (Å²) in [6.45, 7) is 6.34. The second-order valence-electron chi connectivity index (χ2n) is 6.72. The van der Waals surface area contributed by atoms with Crippen LogP contribution in [0.25, 0.3) is 10.9 Å². The maximum absolute atomic E-state index is 12.4. The monoisotopic (exact) mass is 345 g/mol. The Morgan fingerprint density at radius 3 is 2.83 bits per heavy atom. The van der Waals surface area contributed by atoms with Crippen molar-refractivity contribution in [2.45, 2.75) is 26.2 Å². The molecule has 1 amide bonds. The van der Waals surface area contributed by atoms with Crippen LogP contribution in [-0.4, -0.2) is 42.0 Å². The van der Waals surface area contributed by atoms with E-state index in [9.17, 15) is 4.79 Å². The lowest BCUT2D eigenvalue weighted by Crippen LogP contribution is -2.38. The van der Waals surface area contributed by atoms with Crippen LogP contribution in [0, 0.1) is 5.92 Å². The summed E-state index contributed by atoms with van der Waals surface area (Å²) in [6, 6.07) is 9.14. The van der Waals surface area contributed by atoms with Crippen molar-refractivity contribution in [2.24, 2.45) is 5.92 Å². The highest BCUT2D eigenvalue weighted by Crippen LogP contribution is 2.17. The number of nitrogens with zero attached hydrogens (tertiary/aromatic N) is 2. The van der Waals surface area contributed by atoms with E-state index < -0.39 is 0 Å². The van der Waals surface area contributed by atoms with Gasteiger partial charge < -0.3 is 10.2 Å². The van der Waals surface area contributed by atoms with Crippen molar-refractivity contribution in [3.63, 3.8) is 0 Å². The Kier molecular flexibility index (Phi) is 5.69. The van der Waals surface area contributed by atoms with Gasteiger partial charge in [0.25, 0.3) is 5.91 Å². The summed E-state index contributed by atoms with van der Waals surface area (Å²) in [5.74, 6) is 0.422. The number of aromatic nitrogens is 1. The molecule has 1 atom stereocenters. The molecule has 0 radical (unpaired) electrons. The van der Waals surface area contributed by atoms with E-state index in [1.807, 2.05) is 18.2 Å². The number of benzene rings is 1. The molecule has 1 aliphatic heterocycles. The maximum Gasteiger partial charge on any atom is 0.251 e. The van der Waals surface area contributed by atoms with Crippen LogP contribution >= 0.6 is 11.6 Å². The second-order valence-corrected chi connectivity index (χ2v) is 7.11. The van der Waals surface area contributed by atoms with E-state index in [-0.39, 0.29) is 5.91 Å². The van der Waals surface area contributed by atoms with Gasteiger partial charge in [0.2, 0.25) is 0 Å². The molecule has 1 aromatic carbocycles. The standard InChI is InChI=1S/C19H24ClN3O/c1-14(13-23-9-3-2-4-10-23)12-21-19(24)16-5-7-17-15(11-16)6-8-18(20)22-17/h5-8,11,14H,2-4,9-10,12-13H2,1H3,(H,21,24). The number of pyridine rings is 1. The number of nitrogens with one attached hydrogen (secondary N) is 1. The summed E-state index contributed by atoms with van der Waals surface area (Å²) in [6.07, 6.45) is 3.95. The molecule has 1 aromatic heterocycles. The van der Waals surface area contributed by atoms with Gasteiger partial charge in [0.15, 0.2) is 0 Å². The fraction of sp³-hybridized carbons (Fsp3) is 0.474. The Morgan fingerprint density at radius 2 is 2.04 bits per heavy atom. The minimum Gasteiger partial charge on any atom is -0.352 e. The van der Waals surface area contributed by atoms with Crippen LogP contribution in [0.3, 0.4) is 0 Å². The Labute approximate surface area is 148 Å². The molecule has 5 heteroatoms. The van der Waals surface area contributed by atoms with E-state index in [4.69, 9.17) is 11.6 Å². The third-order valence-electron chi connectivity index (χ3n) is 4.55. The van der Waals surface area contributed by atoms with Gasteiger partial charge in [0.05, 0.1) is 5.52 Å². The number of hydrogen-bond donors (Lipinski definition) is 1. The first-order valence-electron chi connectivity index (χ1n) is 8.69. The minimum atomic E-state index is -0.0302. The smallest absolute Gasteiger partial charge is 0.251 e. The number of piperidine rings is 1. The highest BCUT2D eigenvalue weighted by atomic mass is 35.5.